The van der Waals surface area contributed by atoms with Gasteiger partial charge in [-0.3, -0.25) is 10.3 Å². The van der Waals surface area contributed by atoms with Gasteiger partial charge >= 0.3 is 0 Å². The molecular formula is C18H29N3. The molecule has 2 N–H and O–H groups in total. The van der Waals surface area contributed by atoms with Crippen LogP contribution in [0.2, 0.25) is 0 Å². The lowest BCUT2D eigenvalue weighted by molar-refractivity contribution is 0.253. The largest absolute Gasteiger partial charge is 0.299 e. The van der Waals surface area contributed by atoms with Crippen molar-refractivity contribution in [3.63, 3.8) is 0 Å². The van der Waals surface area contributed by atoms with E-state index in [9.17, 15) is 0 Å². The van der Waals surface area contributed by atoms with Crippen molar-refractivity contribution in [3.8, 4) is 0 Å². The summed E-state index contributed by atoms with van der Waals surface area (Å²) in [6.07, 6.45) is 0. The van der Waals surface area contributed by atoms with Crippen LogP contribution in [0, 0.1) is 19.8 Å². The van der Waals surface area contributed by atoms with Crippen LogP contribution in [-0.2, 0) is 0 Å². The van der Waals surface area contributed by atoms with Crippen molar-refractivity contribution in [2.24, 2.45) is 5.92 Å². The van der Waals surface area contributed by atoms with Crippen molar-refractivity contribution in [3.05, 3.63) is 47.0 Å². The van der Waals surface area contributed by atoms with E-state index in [4.69, 9.17) is 0 Å². The third kappa shape index (κ3) is 4.16. The number of aryl methyl sites for hydroxylation is 2. The van der Waals surface area contributed by atoms with Crippen molar-refractivity contribution in [1.82, 2.24) is 15.8 Å². The zero-order valence-electron chi connectivity index (χ0n) is 13.9. The predicted octanol–water partition coefficient (Wildman–Crippen LogP) is 2.97. The summed E-state index contributed by atoms with van der Waals surface area (Å²) in [5, 5.41) is 0. The highest BCUT2D eigenvalue weighted by molar-refractivity contribution is 5.32. The van der Waals surface area contributed by atoms with Crippen LogP contribution in [-0.4, -0.2) is 31.1 Å². The molecule has 21 heavy (non-hydrogen) atoms. The molecule has 1 aliphatic rings. The Bertz CT molecular complexity index is 495. The maximum atomic E-state index is 4.04. The summed E-state index contributed by atoms with van der Waals surface area (Å²) in [6, 6.07) is 7.20. The number of hydrazine groups is 1. The van der Waals surface area contributed by atoms with Crippen LogP contribution in [0.4, 0.5) is 0 Å². The molecule has 1 aromatic carbocycles. The second-order valence-corrected chi connectivity index (χ2v) is 6.39. The van der Waals surface area contributed by atoms with Crippen LogP contribution in [0.3, 0.4) is 0 Å². The molecule has 0 saturated carbocycles. The Hall–Kier alpha value is -1.16. The lowest BCUT2D eigenvalue weighted by atomic mass is 9.92. The van der Waals surface area contributed by atoms with Crippen LogP contribution in [0.15, 0.2) is 30.4 Å². The van der Waals surface area contributed by atoms with E-state index in [1.807, 2.05) is 0 Å². The molecule has 2 rings (SSSR count). The van der Waals surface area contributed by atoms with Crippen molar-refractivity contribution >= 4 is 0 Å². The van der Waals surface area contributed by atoms with Crippen LogP contribution in [0.1, 0.15) is 36.6 Å². The van der Waals surface area contributed by atoms with Gasteiger partial charge in [-0.15, -0.1) is 0 Å². The van der Waals surface area contributed by atoms with Gasteiger partial charge < -0.3 is 0 Å². The maximum Gasteiger partial charge on any atom is 0.0515 e. The minimum atomic E-state index is 0.392. The van der Waals surface area contributed by atoms with Gasteiger partial charge in [-0.05, 0) is 44.0 Å². The fourth-order valence-electron chi connectivity index (χ4n) is 3.04. The number of rotatable bonds is 6. The molecule has 0 bridgehead atoms. The molecule has 1 aromatic rings. The second-order valence-electron chi connectivity index (χ2n) is 6.39. The number of nitrogens with one attached hydrogen (secondary N) is 2. The molecule has 2 atom stereocenters. The van der Waals surface area contributed by atoms with Crippen LogP contribution < -0.4 is 10.9 Å². The van der Waals surface area contributed by atoms with Crippen LogP contribution in [0.25, 0.3) is 0 Å². The van der Waals surface area contributed by atoms with Crippen LogP contribution in [0.5, 0.6) is 0 Å². The molecule has 0 aromatic heterocycles. The smallest absolute Gasteiger partial charge is 0.0515 e. The normalized spacial score (nSPS) is 22.0. The first-order valence-corrected chi connectivity index (χ1v) is 7.93. The van der Waals surface area contributed by atoms with E-state index in [1.165, 1.54) is 22.3 Å². The average molecular weight is 287 g/mol. The summed E-state index contributed by atoms with van der Waals surface area (Å²) in [5.41, 5.74) is 12.1. The van der Waals surface area contributed by atoms with Crippen molar-refractivity contribution in [2.45, 2.75) is 33.7 Å². The monoisotopic (exact) mass is 287 g/mol. The third-order valence-corrected chi connectivity index (χ3v) is 4.42. The summed E-state index contributed by atoms with van der Waals surface area (Å²) >= 11 is 0. The lowest BCUT2D eigenvalue weighted by Gasteiger charge is -2.27. The van der Waals surface area contributed by atoms with Gasteiger partial charge in [-0.1, -0.05) is 37.3 Å². The van der Waals surface area contributed by atoms with Gasteiger partial charge in [0, 0.05) is 25.6 Å². The van der Waals surface area contributed by atoms with E-state index in [-0.39, 0.29) is 0 Å². The lowest BCUT2D eigenvalue weighted by Crippen LogP contribution is -2.34. The molecular weight excluding hydrogens is 258 g/mol. The zero-order chi connectivity index (χ0) is 15.4. The van der Waals surface area contributed by atoms with Gasteiger partial charge in [0.05, 0.1) is 6.04 Å². The summed E-state index contributed by atoms with van der Waals surface area (Å²) in [5.74, 6) is 0.589. The number of nitrogens with zero attached hydrogens (tertiary/aromatic N) is 1. The third-order valence-electron chi connectivity index (χ3n) is 4.42. The first kappa shape index (κ1) is 16.2. The van der Waals surface area contributed by atoms with Crippen molar-refractivity contribution in [1.29, 1.82) is 0 Å². The Balaban J connectivity index is 2.08. The number of likely N-dealkylation sites (N-methyl/N-ethyl adjacent to an activating group) is 1. The maximum absolute atomic E-state index is 4.04. The topological polar surface area (TPSA) is 27.3 Å². The Morgan fingerprint density at radius 2 is 2.10 bits per heavy atom. The molecule has 3 heteroatoms. The van der Waals surface area contributed by atoms with E-state index in [0.717, 1.165) is 26.2 Å². The fraction of sp³-hybridized carbons (Fsp3) is 0.556. The first-order chi connectivity index (χ1) is 10.0. The van der Waals surface area contributed by atoms with E-state index in [2.05, 4.69) is 68.2 Å². The zero-order valence-corrected chi connectivity index (χ0v) is 13.9. The van der Waals surface area contributed by atoms with Gasteiger partial charge in [-0.25, -0.2) is 5.43 Å². The molecule has 3 nitrogen and oxygen atoms in total. The summed E-state index contributed by atoms with van der Waals surface area (Å²) < 4.78 is 0. The minimum absolute atomic E-state index is 0.392. The molecule has 0 aliphatic carbocycles. The van der Waals surface area contributed by atoms with E-state index >= 15 is 0 Å². The Morgan fingerprint density at radius 1 is 1.33 bits per heavy atom. The highest BCUT2D eigenvalue weighted by Crippen LogP contribution is 2.27. The predicted molar refractivity (Wildman–Crippen MR) is 90.2 cm³/mol. The number of hydrogen-bond donors (Lipinski definition) is 2. The van der Waals surface area contributed by atoms with Crippen molar-refractivity contribution < 1.29 is 0 Å². The van der Waals surface area contributed by atoms with Crippen LogP contribution >= 0.6 is 0 Å². The van der Waals surface area contributed by atoms with E-state index in [1.54, 1.807) is 0 Å². The molecule has 1 fully saturated rings. The molecule has 1 heterocycles. The molecule has 2 unspecified atom stereocenters. The molecule has 0 radical (unpaired) electrons. The second kappa shape index (κ2) is 7.21. The number of benzene rings is 1. The Kier molecular flexibility index (Phi) is 5.57. The van der Waals surface area contributed by atoms with E-state index in [0.29, 0.717) is 12.0 Å². The minimum Gasteiger partial charge on any atom is -0.299 e. The summed E-state index contributed by atoms with van der Waals surface area (Å²) in [6.45, 7) is 16.9. The Morgan fingerprint density at radius 3 is 2.71 bits per heavy atom. The molecule has 1 aliphatic heterocycles. The standard InChI is InChI=1S/C18H29N3/c1-6-21(11-13(2)3)12-17-10-19-20-18(17)16-8-7-14(4)15(5)9-16/h7-9,17-20H,2,6,10-12H2,1,3-5H3. The first-order valence-electron chi connectivity index (χ1n) is 7.93. The van der Waals surface area contributed by atoms with Gasteiger partial charge in [-0.2, -0.15) is 0 Å². The molecule has 0 amide bonds. The van der Waals surface area contributed by atoms with Gasteiger partial charge in [0.25, 0.3) is 0 Å². The average Bonchev–Trinajstić information content (AvgIpc) is 2.88. The fourth-order valence-corrected chi connectivity index (χ4v) is 3.04. The summed E-state index contributed by atoms with van der Waals surface area (Å²) in [4.78, 5) is 2.48. The molecule has 0 spiro atoms. The molecule has 1 saturated heterocycles. The highest BCUT2D eigenvalue weighted by Gasteiger charge is 2.29. The highest BCUT2D eigenvalue weighted by atomic mass is 15.4. The summed E-state index contributed by atoms with van der Waals surface area (Å²) in [7, 11) is 0. The van der Waals surface area contributed by atoms with Crippen molar-refractivity contribution in [2.75, 3.05) is 26.2 Å². The van der Waals surface area contributed by atoms with Gasteiger partial charge in [0.2, 0.25) is 0 Å². The quantitative estimate of drug-likeness (QED) is 0.788. The van der Waals surface area contributed by atoms with Gasteiger partial charge in [0.15, 0.2) is 0 Å². The van der Waals surface area contributed by atoms with Gasteiger partial charge in [0.1, 0.15) is 0 Å². The van der Waals surface area contributed by atoms with E-state index < -0.39 is 0 Å². The molecule has 116 valence electrons. The number of hydrogen-bond acceptors (Lipinski definition) is 3. The SMILES string of the molecule is C=C(C)CN(CC)CC1CNNC1c1ccc(C)c(C)c1. The Labute approximate surface area is 129 Å².